The average molecular weight is 263 g/mol. The van der Waals surface area contributed by atoms with Crippen molar-refractivity contribution in [2.24, 2.45) is 5.92 Å². The first-order valence-corrected chi connectivity index (χ1v) is 7.96. The number of sulfonamides is 1. The number of nitrogens with zero attached hydrogens (tertiary/aromatic N) is 1. The fourth-order valence-electron chi connectivity index (χ4n) is 2.05. The summed E-state index contributed by atoms with van der Waals surface area (Å²) in [5.41, 5.74) is 0. The van der Waals surface area contributed by atoms with Gasteiger partial charge in [-0.2, -0.15) is 0 Å². The number of nitrogens with one attached hydrogen (secondary N) is 2. The van der Waals surface area contributed by atoms with Gasteiger partial charge >= 0.3 is 0 Å². The monoisotopic (exact) mass is 263 g/mol. The quantitative estimate of drug-likeness (QED) is 0.671. The molecule has 1 rings (SSSR count). The van der Waals surface area contributed by atoms with Gasteiger partial charge in [-0.05, 0) is 39.8 Å². The minimum Gasteiger partial charge on any atom is -0.319 e. The van der Waals surface area contributed by atoms with E-state index >= 15 is 0 Å². The summed E-state index contributed by atoms with van der Waals surface area (Å²) >= 11 is 0. The summed E-state index contributed by atoms with van der Waals surface area (Å²) < 4.78 is 25.9. The van der Waals surface area contributed by atoms with Gasteiger partial charge in [-0.1, -0.05) is 0 Å². The molecule has 1 aliphatic heterocycles. The van der Waals surface area contributed by atoms with Gasteiger partial charge in [0.05, 0.1) is 5.75 Å². The average Bonchev–Trinajstić information content (AvgIpc) is 2.73. The third kappa shape index (κ3) is 5.33. The van der Waals surface area contributed by atoms with Crippen LogP contribution in [0.4, 0.5) is 0 Å². The molecule has 5 nitrogen and oxygen atoms in total. The fraction of sp³-hybridized carbons (Fsp3) is 1.00. The maximum absolute atomic E-state index is 11.6. The number of rotatable bonds is 7. The van der Waals surface area contributed by atoms with Crippen molar-refractivity contribution in [3.63, 3.8) is 0 Å². The van der Waals surface area contributed by atoms with Crippen molar-refractivity contribution in [3.8, 4) is 0 Å². The molecule has 0 saturated carbocycles. The van der Waals surface area contributed by atoms with Gasteiger partial charge in [-0.25, -0.2) is 13.1 Å². The zero-order valence-corrected chi connectivity index (χ0v) is 11.9. The standard InChI is InChI=1S/C11H25N3O2S/c1-10(2)14-6-4-11(9-14)8-13-17(15,16)7-5-12-3/h10-13H,4-9H2,1-3H3. The maximum atomic E-state index is 11.6. The lowest BCUT2D eigenvalue weighted by Gasteiger charge is -2.20. The van der Waals surface area contributed by atoms with Crippen LogP contribution in [0, 0.1) is 5.92 Å². The molecule has 1 unspecified atom stereocenters. The molecule has 0 aromatic rings. The second-order valence-electron chi connectivity index (χ2n) is 5.01. The lowest BCUT2D eigenvalue weighted by atomic mass is 10.1. The maximum Gasteiger partial charge on any atom is 0.212 e. The van der Waals surface area contributed by atoms with Crippen LogP contribution in [0.15, 0.2) is 0 Å². The van der Waals surface area contributed by atoms with Crippen molar-refractivity contribution in [2.45, 2.75) is 26.3 Å². The Labute approximate surface area is 105 Å². The molecule has 0 spiro atoms. The van der Waals surface area contributed by atoms with Crippen molar-refractivity contribution in [1.82, 2.24) is 14.9 Å². The van der Waals surface area contributed by atoms with E-state index in [0.29, 0.717) is 25.0 Å². The van der Waals surface area contributed by atoms with Gasteiger partial charge in [0, 0.05) is 25.7 Å². The number of hydrogen-bond acceptors (Lipinski definition) is 4. The first-order valence-electron chi connectivity index (χ1n) is 6.30. The predicted octanol–water partition coefficient (Wildman–Crippen LogP) is -0.144. The van der Waals surface area contributed by atoms with Gasteiger partial charge < -0.3 is 10.2 Å². The van der Waals surface area contributed by atoms with Crippen molar-refractivity contribution in [2.75, 3.05) is 39.0 Å². The Morgan fingerprint density at radius 2 is 2.12 bits per heavy atom. The lowest BCUT2D eigenvalue weighted by Crippen LogP contribution is -2.35. The van der Waals surface area contributed by atoms with E-state index in [1.54, 1.807) is 7.05 Å². The Hall–Kier alpha value is -0.170. The van der Waals surface area contributed by atoms with Crippen molar-refractivity contribution in [3.05, 3.63) is 0 Å². The summed E-state index contributed by atoms with van der Waals surface area (Å²) in [7, 11) is -1.34. The first-order chi connectivity index (χ1) is 7.94. The molecule has 2 N–H and O–H groups in total. The van der Waals surface area contributed by atoms with E-state index in [1.165, 1.54) is 0 Å². The Morgan fingerprint density at radius 1 is 1.41 bits per heavy atom. The molecule has 1 fully saturated rings. The van der Waals surface area contributed by atoms with Crippen LogP contribution in [0.2, 0.25) is 0 Å². The first kappa shape index (κ1) is 14.9. The summed E-state index contributed by atoms with van der Waals surface area (Å²) in [5, 5.41) is 2.85. The highest BCUT2D eigenvalue weighted by molar-refractivity contribution is 7.89. The van der Waals surface area contributed by atoms with E-state index in [-0.39, 0.29) is 5.75 Å². The third-order valence-corrected chi connectivity index (χ3v) is 4.61. The second-order valence-corrected chi connectivity index (χ2v) is 6.94. The second kappa shape index (κ2) is 6.68. The summed E-state index contributed by atoms with van der Waals surface area (Å²) in [6, 6.07) is 0.556. The van der Waals surface area contributed by atoms with E-state index in [0.717, 1.165) is 19.5 Å². The molecular weight excluding hydrogens is 238 g/mol. The minimum absolute atomic E-state index is 0.157. The zero-order valence-electron chi connectivity index (χ0n) is 11.1. The van der Waals surface area contributed by atoms with Crippen LogP contribution < -0.4 is 10.0 Å². The summed E-state index contributed by atoms with van der Waals surface area (Å²) in [4.78, 5) is 2.40. The fourth-order valence-corrected chi connectivity index (χ4v) is 3.16. The van der Waals surface area contributed by atoms with Crippen LogP contribution in [-0.2, 0) is 10.0 Å². The van der Waals surface area contributed by atoms with E-state index < -0.39 is 10.0 Å². The Balaban J connectivity index is 2.28. The van der Waals surface area contributed by atoms with E-state index in [1.807, 2.05) is 0 Å². The Bertz CT molecular complexity index is 317. The van der Waals surface area contributed by atoms with E-state index in [9.17, 15) is 8.42 Å². The van der Waals surface area contributed by atoms with Crippen LogP contribution in [0.3, 0.4) is 0 Å². The molecule has 6 heteroatoms. The van der Waals surface area contributed by atoms with Crippen molar-refractivity contribution < 1.29 is 8.42 Å². The molecule has 0 aliphatic carbocycles. The molecule has 102 valence electrons. The van der Waals surface area contributed by atoms with Gasteiger partial charge in [0.1, 0.15) is 0 Å². The molecule has 17 heavy (non-hydrogen) atoms. The topological polar surface area (TPSA) is 61.4 Å². The molecule has 0 aromatic heterocycles. The van der Waals surface area contributed by atoms with Crippen LogP contribution in [-0.4, -0.2) is 58.3 Å². The molecule has 0 bridgehead atoms. The number of likely N-dealkylation sites (tertiary alicyclic amines) is 1. The molecule has 0 radical (unpaired) electrons. The molecule has 1 atom stereocenters. The van der Waals surface area contributed by atoms with Gasteiger partial charge in [-0.15, -0.1) is 0 Å². The predicted molar refractivity (Wildman–Crippen MR) is 70.5 cm³/mol. The van der Waals surface area contributed by atoms with Gasteiger partial charge in [0.25, 0.3) is 0 Å². The van der Waals surface area contributed by atoms with Crippen molar-refractivity contribution in [1.29, 1.82) is 0 Å². The SMILES string of the molecule is CNCCS(=O)(=O)NCC1CCN(C(C)C)C1. The lowest BCUT2D eigenvalue weighted by molar-refractivity contribution is 0.265. The van der Waals surface area contributed by atoms with Gasteiger partial charge in [0.2, 0.25) is 10.0 Å². The van der Waals surface area contributed by atoms with E-state index in [4.69, 9.17) is 0 Å². The third-order valence-electron chi connectivity index (χ3n) is 3.26. The smallest absolute Gasteiger partial charge is 0.212 e. The number of hydrogen-bond donors (Lipinski definition) is 2. The van der Waals surface area contributed by atoms with Crippen LogP contribution in [0.1, 0.15) is 20.3 Å². The highest BCUT2D eigenvalue weighted by Crippen LogP contribution is 2.17. The van der Waals surface area contributed by atoms with Gasteiger partial charge in [0.15, 0.2) is 0 Å². The van der Waals surface area contributed by atoms with Crippen LogP contribution in [0.5, 0.6) is 0 Å². The summed E-state index contributed by atoms with van der Waals surface area (Å²) in [5.74, 6) is 0.617. The zero-order chi connectivity index (χ0) is 12.9. The summed E-state index contributed by atoms with van der Waals surface area (Å²) in [6.07, 6.45) is 1.09. The van der Waals surface area contributed by atoms with Crippen LogP contribution in [0.25, 0.3) is 0 Å². The molecule has 1 aliphatic rings. The normalized spacial score (nSPS) is 22.5. The molecule has 1 heterocycles. The molecular formula is C11H25N3O2S. The Kier molecular flexibility index (Phi) is 5.85. The highest BCUT2D eigenvalue weighted by atomic mass is 32.2. The molecule has 1 saturated heterocycles. The molecule has 0 amide bonds. The molecule has 0 aromatic carbocycles. The van der Waals surface area contributed by atoms with Gasteiger partial charge in [-0.3, -0.25) is 0 Å². The largest absolute Gasteiger partial charge is 0.319 e. The van der Waals surface area contributed by atoms with Crippen LogP contribution >= 0.6 is 0 Å². The van der Waals surface area contributed by atoms with E-state index in [2.05, 4.69) is 28.8 Å². The Morgan fingerprint density at radius 3 is 2.65 bits per heavy atom. The summed E-state index contributed by atoms with van der Waals surface area (Å²) in [6.45, 7) is 7.53. The minimum atomic E-state index is -3.10. The van der Waals surface area contributed by atoms with Crippen molar-refractivity contribution >= 4 is 10.0 Å². The highest BCUT2D eigenvalue weighted by Gasteiger charge is 2.25.